The standard InChI is InChI=1S/C18H20N6O/c1-11(2)17-22-21-15-10-23(9-12(3)24(15)17)18(25)13-5-4-6-14-16(13)20-8-7-19-14/h4-8,11-12H,9-10H2,1-3H3/t12-/m0/s1. The van der Waals surface area contributed by atoms with E-state index >= 15 is 0 Å². The fourth-order valence-corrected chi connectivity index (χ4v) is 3.45. The highest BCUT2D eigenvalue weighted by Crippen LogP contribution is 2.27. The molecule has 0 spiro atoms. The molecule has 25 heavy (non-hydrogen) atoms. The van der Waals surface area contributed by atoms with E-state index in [1.807, 2.05) is 23.1 Å². The van der Waals surface area contributed by atoms with E-state index in [-0.39, 0.29) is 11.9 Å². The molecule has 1 amide bonds. The average molecular weight is 336 g/mol. The largest absolute Gasteiger partial charge is 0.329 e. The molecule has 0 N–H and O–H groups in total. The van der Waals surface area contributed by atoms with Crippen molar-refractivity contribution < 1.29 is 4.79 Å². The first-order chi connectivity index (χ1) is 12.1. The van der Waals surface area contributed by atoms with Crippen molar-refractivity contribution in [2.24, 2.45) is 0 Å². The van der Waals surface area contributed by atoms with Crippen LogP contribution in [0.1, 0.15) is 54.7 Å². The summed E-state index contributed by atoms with van der Waals surface area (Å²) in [6.07, 6.45) is 3.25. The molecule has 1 aliphatic heterocycles. The molecule has 1 atom stereocenters. The summed E-state index contributed by atoms with van der Waals surface area (Å²) in [7, 11) is 0. The van der Waals surface area contributed by atoms with E-state index in [1.54, 1.807) is 12.4 Å². The minimum atomic E-state index is -0.0432. The number of hydrogen-bond acceptors (Lipinski definition) is 5. The Morgan fingerprint density at radius 2 is 2.00 bits per heavy atom. The maximum absolute atomic E-state index is 13.1. The monoisotopic (exact) mass is 336 g/mol. The highest BCUT2D eigenvalue weighted by atomic mass is 16.2. The van der Waals surface area contributed by atoms with Crippen LogP contribution in [-0.2, 0) is 6.54 Å². The number of fused-ring (bicyclic) bond motifs is 2. The maximum atomic E-state index is 13.1. The highest BCUT2D eigenvalue weighted by Gasteiger charge is 2.31. The van der Waals surface area contributed by atoms with Gasteiger partial charge in [-0.2, -0.15) is 0 Å². The van der Waals surface area contributed by atoms with E-state index in [0.717, 1.165) is 17.2 Å². The van der Waals surface area contributed by atoms with Crippen molar-refractivity contribution >= 4 is 16.9 Å². The summed E-state index contributed by atoms with van der Waals surface area (Å²) in [6.45, 7) is 7.40. The summed E-state index contributed by atoms with van der Waals surface area (Å²) in [6, 6.07) is 5.66. The summed E-state index contributed by atoms with van der Waals surface area (Å²) in [5.41, 5.74) is 1.94. The molecule has 0 saturated heterocycles. The predicted molar refractivity (Wildman–Crippen MR) is 93.1 cm³/mol. The molecule has 0 bridgehead atoms. The zero-order valence-electron chi connectivity index (χ0n) is 14.5. The van der Waals surface area contributed by atoms with E-state index in [9.17, 15) is 4.79 Å². The highest BCUT2D eigenvalue weighted by molar-refractivity contribution is 6.04. The van der Waals surface area contributed by atoms with Gasteiger partial charge in [-0.05, 0) is 19.1 Å². The van der Waals surface area contributed by atoms with E-state index < -0.39 is 0 Å². The first-order valence-corrected chi connectivity index (χ1v) is 8.49. The fourth-order valence-electron chi connectivity index (χ4n) is 3.45. The van der Waals surface area contributed by atoms with Gasteiger partial charge < -0.3 is 9.47 Å². The minimum absolute atomic E-state index is 0.0432. The number of carbonyl (C=O) groups is 1. The molecule has 3 heterocycles. The number of benzene rings is 1. The van der Waals surface area contributed by atoms with Gasteiger partial charge in [0, 0.05) is 24.9 Å². The molecule has 2 aromatic heterocycles. The number of para-hydroxylation sites is 1. The summed E-state index contributed by atoms with van der Waals surface area (Å²) in [5, 5.41) is 8.62. The smallest absolute Gasteiger partial charge is 0.256 e. The Bertz CT molecular complexity index is 942. The lowest BCUT2D eigenvalue weighted by atomic mass is 10.1. The Labute approximate surface area is 145 Å². The second-order valence-electron chi connectivity index (χ2n) is 6.76. The van der Waals surface area contributed by atoms with E-state index in [1.165, 1.54) is 0 Å². The van der Waals surface area contributed by atoms with Crippen molar-refractivity contribution in [1.29, 1.82) is 0 Å². The summed E-state index contributed by atoms with van der Waals surface area (Å²) in [5.74, 6) is 2.07. The Morgan fingerprint density at radius 1 is 1.20 bits per heavy atom. The number of nitrogens with zero attached hydrogens (tertiary/aromatic N) is 6. The quantitative estimate of drug-likeness (QED) is 0.719. The van der Waals surface area contributed by atoms with Gasteiger partial charge in [0.15, 0.2) is 5.82 Å². The molecule has 7 nitrogen and oxygen atoms in total. The number of carbonyl (C=O) groups excluding carboxylic acids is 1. The van der Waals surface area contributed by atoms with E-state index in [2.05, 4.69) is 45.5 Å². The Kier molecular flexibility index (Phi) is 3.71. The van der Waals surface area contributed by atoms with Gasteiger partial charge in [0.1, 0.15) is 11.3 Å². The van der Waals surface area contributed by atoms with Crippen molar-refractivity contribution in [2.45, 2.75) is 39.3 Å². The van der Waals surface area contributed by atoms with Crippen molar-refractivity contribution in [2.75, 3.05) is 6.54 Å². The lowest BCUT2D eigenvalue weighted by Crippen LogP contribution is -2.41. The SMILES string of the molecule is CC(C)c1nnc2n1[C@@H](C)CN(C(=O)c1cccc3nccnc13)C2. The molecule has 0 fully saturated rings. The van der Waals surface area contributed by atoms with Crippen LogP contribution in [0.3, 0.4) is 0 Å². The topological polar surface area (TPSA) is 76.8 Å². The van der Waals surface area contributed by atoms with Crippen LogP contribution >= 0.6 is 0 Å². The van der Waals surface area contributed by atoms with Crippen LogP contribution in [0.15, 0.2) is 30.6 Å². The number of amides is 1. The molecule has 0 unspecified atom stereocenters. The van der Waals surface area contributed by atoms with Gasteiger partial charge in [-0.3, -0.25) is 14.8 Å². The van der Waals surface area contributed by atoms with Crippen LogP contribution in [0, 0.1) is 0 Å². The second kappa shape index (κ2) is 5.91. The van der Waals surface area contributed by atoms with Crippen LogP contribution in [0.25, 0.3) is 11.0 Å². The third-order valence-electron chi connectivity index (χ3n) is 4.58. The van der Waals surface area contributed by atoms with E-state index in [4.69, 9.17) is 0 Å². The maximum Gasteiger partial charge on any atom is 0.256 e. The molecule has 0 aliphatic carbocycles. The average Bonchev–Trinajstić information content (AvgIpc) is 3.05. The second-order valence-corrected chi connectivity index (χ2v) is 6.76. The molecular formula is C18H20N6O. The normalized spacial score (nSPS) is 17.1. The third kappa shape index (κ3) is 2.56. The Hall–Kier alpha value is -2.83. The summed E-state index contributed by atoms with van der Waals surface area (Å²) < 4.78 is 2.16. The molecule has 4 rings (SSSR count). The zero-order chi connectivity index (χ0) is 17.6. The van der Waals surface area contributed by atoms with Crippen molar-refractivity contribution in [3.8, 4) is 0 Å². The molecule has 0 saturated carbocycles. The van der Waals surface area contributed by atoms with Gasteiger partial charge in [0.25, 0.3) is 5.91 Å². The fraction of sp³-hybridized carbons (Fsp3) is 0.389. The first-order valence-electron chi connectivity index (χ1n) is 8.49. The number of hydrogen-bond donors (Lipinski definition) is 0. The van der Waals surface area contributed by atoms with Crippen molar-refractivity contribution in [3.63, 3.8) is 0 Å². The minimum Gasteiger partial charge on any atom is -0.329 e. The van der Waals surface area contributed by atoms with Gasteiger partial charge in [-0.1, -0.05) is 19.9 Å². The van der Waals surface area contributed by atoms with Crippen LogP contribution in [0.2, 0.25) is 0 Å². The van der Waals surface area contributed by atoms with Crippen LogP contribution in [0.4, 0.5) is 0 Å². The lowest BCUT2D eigenvalue weighted by Gasteiger charge is -2.33. The van der Waals surface area contributed by atoms with Gasteiger partial charge in [-0.15, -0.1) is 10.2 Å². The van der Waals surface area contributed by atoms with Crippen LogP contribution in [-0.4, -0.2) is 42.1 Å². The first kappa shape index (κ1) is 15.7. The van der Waals surface area contributed by atoms with Crippen molar-refractivity contribution in [3.05, 3.63) is 47.8 Å². The van der Waals surface area contributed by atoms with Gasteiger partial charge in [0.05, 0.1) is 23.7 Å². The predicted octanol–water partition coefficient (Wildman–Crippen LogP) is 2.56. The molecule has 7 heteroatoms. The third-order valence-corrected chi connectivity index (χ3v) is 4.58. The van der Waals surface area contributed by atoms with Gasteiger partial charge >= 0.3 is 0 Å². The van der Waals surface area contributed by atoms with Crippen LogP contribution in [0.5, 0.6) is 0 Å². The van der Waals surface area contributed by atoms with Gasteiger partial charge in [-0.25, -0.2) is 0 Å². The van der Waals surface area contributed by atoms with Gasteiger partial charge in [0.2, 0.25) is 0 Å². The number of rotatable bonds is 2. The Balaban J connectivity index is 1.70. The molecule has 128 valence electrons. The lowest BCUT2D eigenvalue weighted by molar-refractivity contribution is 0.0681. The molecule has 1 aliphatic rings. The zero-order valence-corrected chi connectivity index (χ0v) is 14.5. The summed E-state index contributed by atoms with van der Waals surface area (Å²) in [4.78, 5) is 23.6. The Morgan fingerprint density at radius 3 is 2.80 bits per heavy atom. The summed E-state index contributed by atoms with van der Waals surface area (Å²) >= 11 is 0. The van der Waals surface area contributed by atoms with Crippen molar-refractivity contribution in [1.82, 2.24) is 29.6 Å². The van der Waals surface area contributed by atoms with Crippen LogP contribution < -0.4 is 0 Å². The van der Waals surface area contributed by atoms with E-state index in [0.29, 0.717) is 30.1 Å². The molecular weight excluding hydrogens is 316 g/mol. The molecule has 0 radical (unpaired) electrons. The molecule has 3 aromatic rings. The molecule has 1 aromatic carbocycles. The number of aromatic nitrogens is 5.